The van der Waals surface area contributed by atoms with Gasteiger partial charge in [0, 0.05) is 40.4 Å². The molecule has 3 aromatic heterocycles. The molecule has 0 saturated heterocycles. The van der Waals surface area contributed by atoms with Crippen LogP contribution in [0.1, 0.15) is 50.6 Å². The molecule has 0 aliphatic heterocycles. The molecule has 1 aromatic carbocycles. The van der Waals surface area contributed by atoms with E-state index in [1.165, 1.54) is 17.6 Å². The van der Waals surface area contributed by atoms with Crippen molar-refractivity contribution in [1.82, 2.24) is 15.0 Å². The van der Waals surface area contributed by atoms with Crippen molar-refractivity contribution in [1.29, 1.82) is 5.41 Å². The second-order valence-electron chi connectivity index (χ2n) is 7.90. The molecule has 3 heterocycles. The summed E-state index contributed by atoms with van der Waals surface area (Å²) in [5.41, 5.74) is 12.4. The van der Waals surface area contributed by atoms with Crippen molar-refractivity contribution in [3.63, 3.8) is 0 Å². The molecule has 0 bridgehead atoms. The van der Waals surface area contributed by atoms with Crippen molar-refractivity contribution in [3.8, 4) is 0 Å². The molecule has 0 fully saturated rings. The highest BCUT2D eigenvalue weighted by Gasteiger charge is 2.26. The summed E-state index contributed by atoms with van der Waals surface area (Å²) in [6.45, 7) is 1.92. The number of aryl methyl sites for hydroxylation is 2. The maximum Gasteiger partial charge on any atom is 0.223 e. The normalized spacial score (nSPS) is 13.0. The van der Waals surface area contributed by atoms with Crippen LogP contribution < -0.4 is 11.1 Å². The van der Waals surface area contributed by atoms with Crippen LogP contribution in [0.2, 0.25) is 0 Å². The van der Waals surface area contributed by atoms with Gasteiger partial charge in [0.15, 0.2) is 5.13 Å². The first-order valence-electron chi connectivity index (χ1n) is 10.5. The van der Waals surface area contributed by atoms with Crippen molar-refractivity contribution >= 4 is 50.7 Å². The van der Waals surface area contributed by atoms with Crippen molar-refractivity contribution in [2.24, 2.45) is 0 Å². The van der Waals surface area contributed by atoms with Gasteiger partial charge < -0.3 is 16.5 Å². The van der Waals surface area contributed by atoms with Gasteiger partial charge in [-0.05, 0) is 68.0 Å². The number of ketones is 1. The molecule has 8 heteroatoms. The molecule has 32 heavy (non-hydrogen) atoms. The van der Waals surface area contributed by atoms with Gasteiger partial charge in [0.1, 0.15) is 5.69 Å². The van der Waals surface area contributed by atoms with Crippen LogP contribution in [0.15, 0.2) is 36.7 Å². The number of nitrogens with one attached hydrogen (secondary N) is 2. The fraction of sp³-hybridized carbons (Fsp3) is 0.208. The topological polar surface area (TPSA) is 118 Å². The summed E-state index contributed by atoms with van der Waals surface area (Å²) in [5.74, 6) is -0.116. The van der Waals surface area contributed by atoms with E-state index in [-0.39, 0.29) is 5.78 Å². The Kier molecular flexibility index (Phi) is 5.14. The Morgan fingerprint density at radius 1 is 1.19 bits per heavy atom. The average molecular weight is 443 g/mol. The molecule has 1 aliphatic rings. The minimum atomic E-state index is -0.116. The Labute approximate surface area is 189 Å². The van der Waals surface area contributed by atoms with Crippen LogP contribution in [-0.4, -0.2) is 26.9 Å². The lowest BCUT2D eigenvalue weighted by atomic mass is 9.85. The minimum Gasteiger partial charge on any atom is -0.398 e. The monoisotopic (exact) mass is 442 g/mol. The Morgan fingerprint density at radius 3 is 2.78 bits per heavy atom. The molecule has 1 aliphatic carbocycles. The predicted molar refractivity (Wildman–Crippen MR) is 128 cm³/mol. The lowest BCUT2D eigenvalue weighted by Gasteiger charge is -2.22. The van der Waals surface area contributed by atoms with E-state index in [9.17, 15) is 4.79 Å². The van der Waals surface area contributed by atoms with Crippen molar-refractivity contribution in [2.45, 2.75) is 32.6 Å². The zero-order valence-electron chi connectivity index (χ0n) is 17.6. The van der Waals surface area contributed by atoms with Gasteiger partial charge in [-0.2, -0.15) is 0 Å². The summed E-state index contributed by atoms with van der Waals surface area (Å²) < 4.78 is 0. The average Bonchev–Trinajstić information content (AvgIpc) is 3.26. The molecule has 4 N–H and O–H groups in total. The number of thiazole rings is 1. The Bertz CT molecular complexity index is 1380. The van der Waals surface area contributed by atoms with Crippen LogP contribution in [0, 0.1) is 12.3 Å². The number of nitrogens with two attached hydrogens (primary N) is 1. The molecule has 4 aromatic rings. The summed E-state index contributed by atoms with van der Waals surface area (Å²) in [4.78, 5) is 27.4. The predicted octanol–water partition coefficient (Wildman–Crippen LogP) is 4.83. The van der Waals surface area contributed by atoms with E-state index in [2.05, 4.69) is 15.3 Å². The zero-order valence-corrected chi connectivity index (χ0v) is 18.4. The number of fused-ring (bicyclic) bond motifs is 3. The molecule has 0 atom stereocenters. The number of carbonyl (C=O) groups is 1. The highest BCUT2D eigenvalue weighted by Crippen LogP contribution is 2.35. The lowest BCUT2D eigenvalue weighted by Crippen LogP contribution is -2.15. The van der Waals surface area contributed by atoms with Crippen molar-refractivity contribution < 1.29 is 4.79 Å². The van der Waals surface area contributed by atoms with E-state index in [1.807, 2.05) is 25.1 Å². The van der Waals surface area contributed by atoms with Crippen molar-refractivity contribution in [2.75, 3.05) is 11.1 Å². The highest BCUT2D eigenvalue weighted by atomic mass is 32.1. The first-order chi connectivity index (χ1) is 15.5. The second kappa shape index (κ2) is 8.12. The molecular formula is C24H22N6OS. The van der Waals surface area contributed by atoms with Gasteiger partial charge in [0.25, 0.3) is 0 Å². The Balaban J connectivity index is 1.56. The van der Waals surface area contributed by atoms with E-state index in [0.717, 1.165) is 53.6 Å². The standard InChI is InChI=1S/C24H22N6OS/c1-13-10-14(8-9-27-13)29-24-28-12-20(32-24)23(31)22-16-5-3-2-4-15(16)21-17(11-25)18(26)6-7-19(21)30-22/h6-12,25H,2-5,26H2,1H3,(H,27,28,29). The van der Waals surface area contributed by atoms with Gasteiger partial charge >= 0.3 is 0 Å². The van der Waals surface area contributed by atoms with Crippen molar-refractivity contribution in [3.05, 3.63) is 69.6 Å². The molecular weight excluding hydrogens is 420 g/mol. The second-order valence-corrected chi connectivity index (χ2v) is 8.93. The number of hydrogen-bond acceptors (Lipinski definition) is 8. The number of benzene rings is 1. The van der Waals surface area contributed by atoms with E-state index in [1.54, 1.807) is 18.5 Å². The maximum absolute atomic E-state index is 13.5. The van der Waals surface area contributed by atoms with Crippen LogP contribution in [0.4, 0.5) is 16.5 Å². The van der Waals surface area contributed by atoms with Gasteiger partial charge in [-0.25, -0.2) is 9.97 Å². The summed E-state index contributed by atoms with van der Waals surface area (Å²) in [6, 6.07) is 7.39. The number of nitrogens with zero attached hydrogens (tertiary/aromatic N) is 3. The quantitative estimate of drug-likeness (QED) is 0.231. The van der Waals surface area contributed by atoms with Gasteiger partial charge in [-0.3, -0.25) is 9.78 Å². The molecule has 0 saturated carbocycles. The number of hydrogen-bond donors (Lipinski definition) is 3. The number of nitrogen functional groups attached to an aromatic ring is 1. The van der Waals surface area contributed by atoms with Gasteiger partial charge in [-0.1, -0.05) is 11.3 Å². The van der Waals surface area contributed by atoms with Gasteiger partial charge in [0.05, 0.1) is 16.6 Å². The van der Waals surface area contributed by atoms with Crippen LogP contribution in [0.3, 0.4) is 0 Å². The first kappa shape index (κ1) is 20.3. The molecule has 0 amide bonds. The number of pyridine rings is 2. The molecule has 0 spiro atoms. The van der Waals surface area contributed by atoms with Crippen LogP contribution in [0.5, 0.6) is 0 Å². The molecule has 160 valence electrons. The number of carbonyl (C=O) groups excluding carboxylic acids is 1. The molecule has 0 radical (unpaired) electrons. The Morgan fingerprint density at radius 2 is 2.00 bits per heavy atom. The van der Waals surface area contributed by atoms with E-state index in [4.69, 9.17) is 16.1 Å². The first-order valence-corrected chi connectivity index (χ1v) is 11.3. The largest absolute Gasteiger partial charge is 0.398 e. The summed E-state index contributed by atoms with van der Waals surface area (Å²) >= 11 is 1.31. The smallest absolute Gasteiger partial charge is 0.223 e. The number of anilines is 3. The van der Waals surface area contributed by atoms with Crippen LogP contribution in [0.25, 0.3) is 10.9 Å². The summed E-state index contributed by atoms with van der Waals surface area (Å²) in [6.07, 6.45) is 8.35. The van der Waals surface area contributed by atoms with Gasteiger partial charge in [0.2, 0.25) is 5.78 Å². The minimum absolute atomic E-state index is 0.116. The fourth-order valence-corrected chi connectivity index (χ4v) is 5.09. The number of rotatable bonds is 5. The summed E-state index contributed by atoms with van der Waals surface area (Å²) in [7, 11) is 0. The number of aromatic nitrogens is 3. The third-order valence-electron chi connectivity index (χ3n) is 5.78. The van der Waals surface area contributed by atoms with Crippen LogP contribution >= 0.6 is 11.3 Å². The molecule has 7 nitrogen and oxygen atoms in total. The van der Waals surface area contributed by atoms with Crippen LogP contribution in [-0.2, 0) is 12.8 Å². The highest BCUT2D eigenvalue weighted by molar-refractivity contribution is 7.17. The lowest BCUT2D eigenvalue weighted by molar-refractivity contribution is 0.103. The van der Waals surface area contributed by atoms with E-state index >= 15 is 0 Å². The Hall–Kier alpha value is -3.65. The van der Waals surface area contributed by atoms with Gasteiger partial charge in [-0.15, -0.1) is 0 Å². The summed E-state index contributed by atoms with van der Waals surface area (Å²) in [5, 5.41) is 12.6. The van der Waals surface area contributed by atoms with E-state index in [0.29, 0.717) is 32.5 Å². The SMILES string of the molecule is Cc1cc(Nc2ncc(C(=O)c3nc4ccc(N)c(C=N)c4c4c3CCCC4)s2)ccn1. The third-order valence-corrected chi connectivity index (χ3v) is 6.69. The third kappa shape index (κ3) is 3.52. The molecule has 5 rings (SSSR count). The zero-order chi connectivity index (χ0) is 22.2. The van der Waals surface area contributed by atoms with E-state index < -0.39 is 0 Å². The molecule has 0 unspecified atom stereocenters. The maximum atomic E-state index is 13.5. The fourth-order valence-electron chi connectivity index (χ4n) is 4.31.